The highest BCUT2D eigenvalue weighted by molar-refractivity contribution is 6.31. The van der Waals surface area contributed by atoms with Crippen molar-refractivity contribution in [1.82, 2.24) is 0 Å². The van der Waals surface area contributed by atoms with Crippen LogP contribution in [0.15, 0.2) is 36.9 Å². The first-order valence-electron chi connectivity index (χ1n) is 5.84. The largest absolute Gasteiger partial charge is 0.307 e. The van der Waals surface area contributed by atoms with Gasteiger partial charge in [-0.2, -0.15) is 0 Å². The SMILES string of the molecule is C=C1C(=N)C=C(C)c2ccccc21.C=O.C=O.CC. The van der Waals surface area contributed by atoms with Crippen molar-refractivity contribution in [3.8, 4) is 0 Å². The standard InChI is InChI=1S/C12H11N.C2H6.2CH2O/c1-8-7-12(13)9(2)11-6-4-3-5-10(8)11;3*1-2/h3-7,13H,2H2,1H3;1-2H3;2*1H2. The molecule has 0 bridgehead atoms. The van der Waals surface area contributed by atoms with Gasteiger partial charge in [0.05, 0.1) is 5.71 Å². The van der Waals surface area contributed by atoms with Gasteiger partial charge in [0, 0.05) is 5.57 Å². The second kappa shape index (κ2) is 10.8. The lowest BCUT2D eigenvalue weighted by molar-refractivity contribution is -0.0987. The molecule has 1 N–H and O–H groups in total. The fourth-order valence-electron chi connectivity index (χ4n) is 1.62. The van der Waals surface area contributed by atoms with Crippen molar-refractivity contribution in [3.63, 3.8) is 0 Å². The molecule has 19 heavy (non-hydrogen) atoms. The Bertz CT molecular complexity index is 460. The maximum atomic E-state index is 8.00. The van der Waals surface area contributed by atoms with Gasteiger partial charge in [0.1, 0.15) is 13.6 Å². The lowest BCUT2D eigenvalue weighted by Gasteiger charge is -2.17. The van der Waals surface area contributed by atoms with E-state index in [4.69, 9.17) is 15.0 Å². The number of nitrogens with one attached hydrogen (secondary N) is 1. The summed E-state index contributed by atoms with van der Waals surface area (Å²) in [4.78, 5) is 16.0. The van der Waals surface area contributed by atoms with E-state index in [0.29, 0.717) is 5.71 Å². The van der Waals surface area contributed by atoms with Crippen molar-refractivity contribution in [3.05, 3.63) is 48.0 Å². The molecule has 0 aromatic heterocycles. The van der Waals surface area contributed by atoms with Crippen LogP contribution in [-0.4, -0.2) is 19.3 Å². The zero-order valence-electron chi connectivity index (χ0n) is 11.8. The van der Waals surface area contributed by atoms with Crippen molar-refractivity contribution in [2.45, 2.75) is 20.8 Å². The van der Waals surface area contributed by atoms with Crippen molar-refractivity contribution >= 4 is 30.4 Å². The lowest BCUT2D eigenvalue weighted by atomic mass is 9.87. The summed E-state index contributed by atoms with van der Waals surface area (Å²) in [5.41, 5.74) is 4.78. The average molecular weight is 259 g/mol. The Morgan fingerprint density at radius 3 is 1.84 bits per heavy atom. The van der Waals surface area contributed by atoms with Crippen LogP contribution in [0.2, 0.25) is 0 Å². The van der Waals surface area contributed by atoms with Gasteiger partial charge in [0.15, 0.2) is 0 Å². The maximum Gasteiger partial charge on any atom is 0.106 e. The monoisotopic (exact) mass is 259 g/mol. The van der Waals surface area contributed by atoms with Crippen molar-refractivity contribution in [1.29, 1.82) is 5.41 Å². The predicted octanol–water partition coefficient (Wildman–Crippen LogP) is 3.79. The molecule has 1 aromatic carbocycles. The van der Waals surface area contributed by atoms with Gasteiger partial charge in [-0.05, 0) is 29.7 Å². The van der Waals surface area contributed by atoms with Crippen molar-refractivity contribution in [2.75, 3.05) is 0 Å². The number of carbonyl (C=O) groups is 2. The van der Waals surface area contributed by atoms with E-state index in [1.807, 2.05) is 58.6 Å². The molecule has 2 rings (SSSR count). The molecule has 1 aliphatic rings. The van der Waals surface area contributed by atoms with Crippen LogP contribution in [-0.2, 0) is 9.59 Å². The summed E-state index contributed by atoms with van der Waals surface area (Å²) in [6, 6.07) is 8.08. The summed E-state index contributed by atoms with van der Waals surface area (Å²) >= 11 is 0. The fourth-order valence-corrected chi connectivity index (χ4v) is 1.62. The lowest BCUT2D eigenvalue weighted by Crippen LogP contribution is -2.05. The summed E-state index contributed by atoms with van der Waals surface area (Å²) < 4.78 is 0. The molecule has 0 amide bonds. The summed E-state index contributed by atoms with van der Waals surface area (Å²) in [6.45, 7) is 13.9. The molecule has 0 radical (unpaired) electrons. The number of fused-ring (bicyclic) bond motifs is 1. The molecular weight excluding hydrogens is 238 g/mol. The van der Waals surface area contributed by atoms with E-state index in [9.17, 15) is 0 Å². The topological polar surface area (TPSA) is 58.0 Å². The van der Waals surface area contributed by atoms with Crippen LogP contribution in [0, 0.1) is 5.41 Å². The van der Waals surface area contributed by atoms with Gasteiger partial charge in [-0.3, -0.25) is 0 Å². The molecule has 3 nitrogen and oxygen atoms in total. The van der Waals surface area contributed by atoms with Crippen LogP contribution >= 0.6 is 0 Å². The molecule has 1 aromatic rings. The highest BCUT2D eigenvalue weighted by atomic mass is 16.1. The Balaban J connectivity index is 0. The second-order valence-corrected chi connectivity index (χ2v) is 3.27. The van der Waals surface area contributed by atoms with Crippen LogP contribution < -0.4 is 0 Å². The van der Waals surface area contributed by atoms with Gasteiger partial charge in [0.25, 0.3) is 0 Å². The van der Waals surface area contributed by atoms with Gasteiger partial charge in [-0.25, -0.2) is 0 Å². The highest BCUT2D eigenvalue weighted by Crippen LogP contribution is 2.30. The van der Waals surface area contributed by atoms with Crippen LogP contribution in [0.5, 0.6) is 0 Å². The van der Waals surface area contributed by atoms with Crippen LogP contribution in [0.25, 0.3) is 11.1 Å². The molecule has 0 saturated heterocycles. The molecule has 0 saturated carbocycles. The zero-order chi connectivity index (χ0) is 15.4. The number of hydrogen-bond acceptors (Lipinski definition) is 3. The third-order valence-electron chi connectivity index (χ3n) is 2.36. The summed E-state index contributed by atoms with van der Waals surface area (Å²) in [5, 5.41) is 7.68. The van der Waals surface area contributed by atoms with E-state index in [1.165, 1.54) is 5.56 Å². The number of carbonyl (C=O) groups excluding carboxylic acids is 2. The first-order valence-corrected chi connectivity index (χ1v) is 5.84. The Morgan fingerprint density at radius 2 is 1.37 bits per heavy atom. The Morgan fingerprint density at radius 1 is 0.947 bits per heavy atom. The quantitative estimate of drug-likeness (QED) is 0.770. The number of hydrogen-bond donors (Lipinski definition) is 1. The van der Waals surface area contributed by atoms with Crippen LogP contribution in [0.3, 0.4) is 0 Å². The summed E-state index contributed by atoms with van der Waals surface area (Å²) in [6.07, 6.45) is 1.87. The first-order chi connectivity index (χ1) is 9.20. The van der Waals surface area contributed by atoms with Gasteiger partial charge < -0.3 is 15.0 Å². The molecule has 1 aliphatic carbocycles. The molecule has 0 unspecified atom stereocenters. The molecular formula is C16H21NO2. The van der Waals surface area contributed by atoms with E-state index in [0.717, 1.165) is 16.7 Å². The molecule has 0 aliphatic heterocycles. The van der Waals surface area contributed by atoms with E-state index in [-0.39, 0.29) is 0 Å². The molecule has 102 valence electrons. The van der Waals surface area contributed by atoms with Crippen molar-refractivity contribution in [2.24, 2.45) is 0 Å². The second-order valence-electron chi connectivity index (χ2n) is 3.27. The van der Waals surface area contributed by atoms with Gasteiger partial charge in [-0.1, -0.05) is 44.7 Å². The first kappa shape index (κ1) is 19.1. The fraction of sp³-hybridized carbons (Fsp3) is 0.188. The smallest absolute Gasteiger partial charge is 0.106 e. The summed E-state index contributed by atoms with van der Waals surface area (Å²) in [5.74, 6) is 0. The Labute approximate surface area is 115 Å². The van der Waals surface area contributed by atoms with Crippen LogP contribution in [0.4, 0.5) is 0 Å². The highest BCUT2D eigenvalue weighted by Gasteiger charge is 2.14. The van der Waals surface area contributed by atoms with Gasteiger partial charge in [0.2, 0.25) is 0 Å². The zero-order valence-corrected chi connectivity index (χ0v) is 11.8. The molecule has 0 fully saturated rings. The third kappa shape index (κ3) is 4.84. The molecule has 0 atom stereocenters. The Hall–Kier alpha value is -2.29. The number of benzene rings is 1. The molecule has 0 spiro atoms. The molecule has 0 heterocycles. The number of allylic oxidation sites excluding steroid dienone is 3. The summed E-state index contributed by atoms with van der Waals surface area (Å²) in [7, 11) is 0. The van der Waals surface area contributed by atoms with E-state index >= 15 is 0 Å². The van der Waals surface area contributed by atoms with E-state index in [2.05, 4.69) is 12.6 Å². The van der Waals surface area contributed by atoms with Crippen LogP contribution in [0.1, 0.15) is 31.9 Å². The molecule has 3 heteroatoms. The van der Waals surface area contributed by atoms with E-state index < -0.39 is 0 Å². The maximum absolute atomic E-state index is 8.00. The minimum absolute atomic E-state index is 0.524. The predicted molar refractivity (Wildman–Crippen MR) is 82.4 cm³/mol. The van der Waals surface area contributed by atoms with Gasteiger partial charge >= 0.3 is 0 Å². The minimum atomic E-state index is 0.524. The van der Waals surface area contributed by atoms with Gasteiger partial charge in [-0.15, -0.1) is 0 Å². The minimum Gasteiger partial charge on any atom is -0.307 e. The third-order valence-corrected chi connectivity index (χ3v) is 2.36. The Kier molecular flexibility index (Phi) is 10.9. The number of rotatable bonds is 0. The van der Waals surface area contributed by atoms with Crippen molar-refractivity contribution < 1.29 is 9.59 Å². The normalized spacial score (nSPS) is 11.2. The average Bonchev–Trinajstić information content (AvgIpc) is 2.51. The van der Waals surface area contributed by atoms with E-state index in [1.54, 1.807) is 0 Å².